The lowest BCUT2D eigenvalue weighted by molar-refractivity contribution is -0.255. The Morgan fingerprint density at radius 3 is 2.75 bits per heavy atom. The number of hydrogen-bond donors (Lipinski definition) is 1. The molecule has 0 saturated heterocycles. The molecule has 1 aromatic heterocycles. The number of H-pyrrole nitrogens is 1. The maximum atomic E-state index is 12.5. The lowest BCUT2D eigenvalue weighted by Gasteiger charge is -2.24. The number of aromatic carboxylic acids is 1. The van der Waals surface area contributed by atoms with Crippen LogP contribution in [0.4, 0.5) is 13.2 Å². The molecule has 0 bridgehead atoms. The summed E-state index contributed by atoms with van der Waals surface area (Å²) in [5, 5.41) is 16.5. The Kier molecular flexibility index (Phi) is 2.40. The molecule has 0 amide bonds. The maximum absolute atomic E-state index is 12.5. The lowest BCUT2D eigenvalue weighted by Crippen LogP contribution is -2.31. The van der Waals surface area contributed by atoms with Gasteiger partial charge in [0.1, 0.15) is 5.69 Å². The first kappa shape index (κ1) is 11.0. The first-order valence-electron chi connectivity index (χ1n) is 4.73. The molecule has 0 fully saturated rings. The van der Waals surface area contributed by atoms with Gasteiger partial charge in [0.2, 0.25) is 0 Å². The van der Waals surface area contributed by atoms with E-state index in [0.29, 0.717) is 5.69 Å². The molecule has 1 heterocycles. The number of aromatic amines is 1. The number of carbonyl (C=O) groups is 1. The molecule has 2 rings (SSSR count). The van der Waals surface area contributed by atoms with Crippen LogP contribution in [0.5, 0.6) is 0 Å². The topological polar surface area (TPSA) is 68.8 Å². The Balaban J connectivity index is 2.31. The summed E-state index contributed by atoms with van der Waals surface area (Å²) in [7, 11) is 0. The Hall–Kier alpha value is -1.53. The Morgan fingerprint density at radius 2 is 2.19 bits per heavy atom. The van der Waals surface area contributed by atoms with E-state index in [1.54, 1.807) is 0 Å². The van der Waals surface area contributed by atoms with Crippen molar-refractivity contribution in [3.05, 3.63) is 17.0 Å². The lowest BCUT2D eigenvalue weighted by atomic mass is 9.86. The van der Waals surface area contributed by atoms with Gasteiger partial charge < -0.3 is 9.90 Å². The maximum Gasteiger partial charge on any atom is 0.392 e. The highest BCUT2D eigenvalue weighted by Gasteiger charge is 2.42. The van der Waals surface area contributed by atoms with E-state index in [-0.39, 0.29) is 24.8 Å². The molecule has 1 aliphatic rings. The predicted molar refractivity (Wildman–Crippen MR) is 44.5 cm³/mol. The van der Waals surface area contributed by atoms with Gasteiger partial charge in [-0.25, -0.2) is 0 Å². The first-order chi connectivity index (χ1) is 7.39. The zero-order valence-corrected chi connectivity index (χ0v) is 8.10. The molecule has 88 valence electrons. The van der Waals surface area contributed by atoms with Crippen LogP contribution < -0.4 is 5.11 Å². The van der Waals surface area contributed by atoms with Crippen molar-refractivity contribution in [2.24, 2.45) is 5.92 Å². The highest BCUT2D eigenvalue weighted by Crippen LogP contribution is 2.37. The number of rotatable bonds is 1. The van der Waals surface area contributed by atoms with Gasteiger partial charge >= 0.3 is 6.18 Å². The standard InChI is InChI=1S/C9H9F3N2O2/c10-9(11,12)4-1-2-6-5(3-4)7(8(15)16)14-13-6/h4H,1-3H2,(H,13,14)(H,15,16)/p-1. The fourth-order valence-corrected chi connectivity index (χ4v) is 1.94. The van der Waals surface area contributed by atoms with Crippen LogP contribution >= 0.6 is 0 Å². The highest BCUT2D eigenvalue weighted by molar-refractivity contribution is 5.85. The number of aromatic nitrogens is 2. The molecule has 0 saturated carbocycles. The van der Waals surface area contributed by atoms with Gasteiger partial charge in [0, 0.05) is 11.3 Å². The van der Waals surface area contributed by atoms with Crippen LogP contribution in [-0.2, 0) is 12.8 Å². The summed E-state index contributed by atoms with van der Waals surface area (Å²) >= 11 is 0. The third-order valence-electron chi connectivity index (χ3n) is 2.80. The van der Waals surface area contributed by atoms with Gasteiger partial charge in [-0.15, -0.1) is 0 Å². The molecule has 0 radical (unpaired) electrons. The largest absolute Gasteiger partial charge is 0.543 e. The van der Waals surface area contributed by atoms with Crippen LogP contribution in [0, 0.1) is 5.92 Å². The summed E-state index contributed by atoms with van der Waals surface area (Å²) in [6.07, 6.45) is -4.50. The quantitative estimate of drug-likeness (QED) is 0.765. The van der Waals surface area contributed by atoms with Crippen molar-refractivity contribution in [2.45, 2.75) is 25.4 Å². The number of aryl methyl sites for hydroxylation is 1. The molecular weight excluding hydrogens is 225 g/mol. The molecule has 1 aliphatic carbocycles. The number of halogens is 3. The summed E-state index contributed by atoms with van der Waals surface area (Å²) in [4.78, 5) is 10.6. The summed E-state index contributed by atoms with van der Waals surface area (Å²) < 4.78 is 37.4. The predicted octanol–water partition coefficient (Wildman–Crippen LogP) is 0.440. The number of nitrogens with zero attached hydrogens (tertiary/aromatic N) is 1. The molecule has 1 N–H and O–H groups in total. The van der Waals surface area contributed by atoms with E-state index in [9.17, 15) is 23.1 Å². The van der Waals surface area contributed by atoms with Crippen molar-refractivity contribution < 1.29 is 23.1 Å². The van der Waals surface area contributed by atoms with Gasteiger partial charge in [-0.3, -0.25) is 5.10 Å². The highest BCUT2D eigenvalue weighted by atomic mass is 19.4. The molecule has 0 aliphatic heterocycles. The average molecular weight is 233 g/mol. The molecule has 0 aromatic carbocycles. The van der Waals surface area contributed by atoms with E-state index in [0.717, 1.165) is 0 Å². The summed E-state index contributed by atoms with van der Waals surface area (Å²) in [6, 6.07) is 0. The molecule has 4 nitrogen and oxygen atoms in total. The van der Waals surface area contributed by atoms with Crippen molar-refractivity contribution in [1.82, 2.24) is 10.2 Å². The molecule has 1 unspecified atom stereocenters. The SMILES string of the molecule is O=C([O-])c1n[nH]c2c1CC(C(F)(F)F)CC2. The smallest absolute Gasteiger partial charge is 0.392 e. The van der Waals surface area contributed by atoms with E-state index in [4.69, 9.17) is 0 Å². The summed E-state index contributed by atoms with van der Waals surface area (Å²) in [5.41, 5.74) is 0.206. The van der Waals surface area contributed by atoms with Crippen molar-refractivity contribution in [3.63, 3.8) is 0 Å². The van der Waals surface area contributed by atoms with Crippen LogP contribution in [0.2, 0.25) is 0 Å². The van der Waals surface area contributed by atoms with E-state index in [1.165, 1.54) is 0 Å². The van der Waals surface area contributed by atoms with E-state index >= 15 is 0 Å². The van der Waals surface area contributed by atoms with Crippen LogP contribution in [0.25, 0.3) is 0 Å². The molecule has 16 heavy (non-hydrogen) atoms. The third kappa shape index (κ3) is 1.77. The second kappa shape index (κ2) is 3.50. The van der Waals surface area contributed by atoms with Crippen LogP contribution in [0.3, 0.4) is 0 Å². The minimum atomic E-state index is -4.29. The van der Waals surface area contributed by atoms with E-state index in [1.807, 2.05) is 0 Å². The van der Waals surface area contributed by atoms with Gasteiger partial charge in [-0.05, 0) is 19.3 Å². The number of alkyl halides is 3. The Morgan fingerprint density at radius 1 is 1.50 bits per heavy atom. The van der Waals surface area contributed by atoms with Crippen LogP contribution in [-0.4, -0.2) is 22.3 Å². The van der Waals surface area contributed by atoms with Crippen molar-refractivity contribution >= 4 is 5.97 Å². The molecule has 1 atom stereocenters. The minimum Gasteiger partial charge on any atom is -0.543 e. The zero-order chi connectivity index (χ0) is 11.9. The van der Waals surface area contributed by atoms with E-state index in [2.05, 4.69) is 10.2 Å². The third-order valence-corrected chi connectivity index (χ3v) is 2.80. The number of nitrogens with one attached hydrogen (secondary N) is 1. The number of hydrogen-bond acceptors (Lipinski definition) is 3. The number of carbonyl (C=O) groups excluding carboxylic acids is 1. The van der Waals surface area contributed by atoms with Crippen LogP contribution in [0.15, 0.2) is 0 Å². The normalized spacial score (nSPS) is 20.6. The average Bonchev–Trinajstić information content (AvgIpc) is 2.58. The van der Waals surface area contributed by atoms with Crippen molar-refractivity contribution in [2.75, 3.05) is 0 Å². The summed E-state index contributed by atoms with van der Waals surface area (Å²) in [6.45, 7) is 0. The van der Waals surface area contributed by atoms with Gasteiger partial charge in [-0.1, -0.05) is 0 Å². The number of carboxylic acids is 1. The molecular formula is C9H8F3N2O2-. The number of carboxylic acid groups (broad SMARTS) is 1. The number of fused-ring (bicyclic) bond motifs is 1. The fourth-order valence-electron chi connectivity index (χ4n) is 1.94. The second-order valence-electron chi connectivity index (χ2n) is 3.80. The van der Waals surface area contributed by atoms with Gasteiger partial charge in [0.05, 0.1) is 11.9 Å². The monoisotopic (exact) mass is 233 g/mol. The molecule has 0 spiro atoms. The van der Waals surface area contributed by atoms with Crippen LogP contribution in [0.1, 0.15) is 28.2 Å². The second-order valence-corrected chi connectivity index (χ2v) is 3.80. The van der Waals surface area contributed by atoms with Crippen molar-refractivity contribution in [3.8, 4) is 0 Å². The van der Waals surface area contributed by atoms with Gasteiger partial charge in [-0.2, -0.15) is 18.3 Å². The van der Waals surface area contributed by atoms with Gasteiger partial charge in [0.15, 0.2) is 0 Å². The Bertz CT molecular complexity index is 425. The first-order valence-corrected chi connectivity index (χ1v) is 4.73. The zero-order valence-electron chi connectivity index (χ0n) is 8.10. The van der Waals surface area contributed by atoms with Crippen molar-refractivity contribution in [1.29, 1.82) is 0 Å². The summed E-state index contributed by atoms with van der Waals surface area (Å²) in [5.74, 6) is -3.03. The minimum absolute atomic E-state index is 0.0365. The Labute approximate surface area is 88.5 Å². The van der Waals surface area contributed by atoms with E-state index < -0.39 is 23.8 Å². The van der Waals surface area contributed by atoms with Gasteiger partial charge in [0.25, 0.3) is 0 Å². The molecule has 1 aromatic rings. The molecule has 7 heteroatoms. The fraction of sp³-hybridized carbons (Fsp3) is 0.556.